The number of benzene rings is 3. The number of carbonyl (C=O) groups excluding carboxylic acids is 1. The highest BCUT2D eigenvalue weighted by Gasteiger charge is 2.23. The summed E-state index contributed by atoms with van der Waals surface area (Å²) < 4.78 is 0. The molecule has 1 atom stereocenters. The van der Waals surface area contributed by atoms with E-state index >= 15 is 0 Å². The van der Waals surface area contributed by atoms with Gasteiger partial charge in [0.15, 0.2) is 0 Å². The average molecular weight is 452 g/mol. The zero-order valence-electron chi connectivity index (χ0n) is 16.2. The van der Waals surface area contributed by atoms with Gasteiger partial charge in [0, 0.05) is 23.8 Å². The van der Waals surface area contributed by atoms with Crippen LogP contribution >= 0.6 is 11.6 Å². The molecule has 0 radical (unpaired) electrons. The molecule has 0 spiro atoms. The molecule has 0 aliphatic heterocycles. The molecule has 1 unspecified atom stereocenters. The van der Waals surface area contributed by atoms with Crippen molar-refractivity contribution < 1.29 is 14.6 Å². The Labute approximate surface area is 185 Å². The molecule has 10 nitrogen and oxygen atoms in total. The van der Waals surface area contributed by atoms with E-state index < -0.39 is 21.8 Å². The van der Waals surface area contributed by atoms with Crippen LogP contribution in [0.3, 0.4) is 0 Å². The molecule has 1 heterocycles. The van der Waals surface area contributed by atoms with Crippen molar-refractivity contribution in [2.24, 2.45) is 0 Å². The molecule has 0 saturated carbocycles. The van der Waals surface area contributed by atoms with Crippen molar-refractivity contribution >= 4 is 39.9 Å². The van der Waals surface area contributed by atoms with Crippen molar-refractivity contribution in [2.45, 2.75) is 6.04 Å². The minimum absolute atomic E-state index is 0.0498. The number of aromatic amines is 1. The number of rotatable bonds is 6. The summed E-state index contributed by atoms with van der Waals surface area (Å²) in [7, 11) is 0. The van der Waals surface area contributed by atoms with Gasteiger partial charge in [-0.2, -0.15) is 0 Å². The highest BCUT2D eigenvalue weighted by atomic mass is 35.5. The van der Waals surface area contributed by atoms with Gasteiger partial charge in [-0.3, -0.25) is 25.0 Å². The molecule has 160 valence electrons. The highest BCUT2D eigenvalue weighted by molar-refractivity contribution is 6.32. The van der Waals surface area contributed by atoms with Gasteiger partial charge in [-0.1, -0.05) is 41.9 Å². The fraction of sp³-hybridized carbons (Fsp3) is 0.0476. The summed E-state index contributed by atoms with van der Waals surface area (Å²) in [5.74, 6) is -0.228. The summed E-state index contributed by atoms with van der Waals surface area (Å²) in [6.07, 6.45) is 0. The molecule has 0 bridgehead atoms. The van der Waals surface area contributed by atoms with E-state index in [4.69, 9.17) is 11.6 Å². The van der Waals surface area contributed by atoms with Crippen LogP contribution in [-0.2, 0) is 0 Å². The Hall–Kier alpha value is -4.31. The number of nitro groups is 2. The maximum atomic E-state index is 12.9. The lowest BCUT2D eigenvalue weighted by Gasteiger charge is -2.17. The van der Waals surface area contributed by atoms with Gasteiger partial charge in [0.25, 0.3) is 17.3 Å². The molecule has 0 aliphatic carbocycles. The molecule has 0 aliphatic rings. The van der Waals surface area contributed by atoms with Gasteiger partial charge in [-0.05, 0) is 23.8 Å². The van der Waals surface area contributed by atoms with E-state index in [9.17, 15) is 25.0 Å². The molecular weight excluding hydrogens is 438 g/mol. The summed E-state index contributed by atoms with van der Waals surface area (Å²) in [5.41, 5.74) is 1.19. The molecule has 1 aromatic heterocycles. The molecule has 0 saturated heterocycles. The lowest BCUT2D eigenvalue weighted by molar-refractivity contribution is -0.384. The molecule has 3 aromatic carbocycles. The van der Waals surface area contributed by atoms with Crippen LogP contribution in [0.2, 0.25) is 5.02 Å². The van der Waals surface area contributed by atoms with Gasteiger partial charge in [-0.25, -0.2) is 4.98 Å². The molecule has 4 aromatic rings. The smallest absolute Gasteiger partial charge is 0.288 e. The van der Waals surface area contributed by atoms with Crippen molar-refractivity contribution in [3.05, 3.63) is 109 Å². The van der Waals surface area contributed by atoms with E-state index in [1.807, 2.05) is 6.07 Å². The van der Waals surface area contributed by atoms with Gasteiger partial charge in [-0.15, -0.1) is 0 Å². The molecule has 0 fully saturated rings. The van der Waals surface area contributed by atoms with Crippen molar-refractivity contribution in [2.75, 3.05) is 0 Å². The average Bonchev–Trinajstić information content (AvgIpc) is 3.21. The predicted octanol–water partition coefficient (Wildman–Crippen LogP) is 4.55. The van der Waals surface area contributed by atoms with Crippen LogP contribution in [0.25, 0.3) is 11.0 Å². The summed E-state index contributed by atoms with van der Waals surface area (Å²) in [5, 5.41) is 25.0. The normalized spacial score (nSPS) is 11.8. The molecule has 32 heavy (non-hydrogen) atoms. The second kappa shape index (κ2) is 8.44. The zero-order valence-corrected chi connectivity index (χ0v) is 16.9. The van der Waals surface area contributed by atoms with E-state index in [1.54, 1.807) is 24.3 Å². The third-order valence-electron chi connectivity index (χ3n) is 4.78. The van der Waals surface area contributed by atoms with Gasteiger partial charge in [0.05, 0.1) is 20.9 Å². The second-order valence-electron chi connectivity index (χ2n) is 6.82. The minimum atomic E-state index is -0.745. The minimum Gasteiger partial charge on any atom is -0.340 e. The lowest BCUT2D eigenvalue weighted by Crippen LogP contribution is -2.30. The number of fused-ring (bicyclic) bond motifs is 1. The first-order chi connectivity index (χ1) is 15.3. The largest absolute Gasteiger partial charge is 0.340 e. The van der Waals surface area contributed by atoms with Crippen molar-refractivity contribution in [1.82, 2.24) is 15.3 Å². The Kier molecular flexibility index (Phi) is 5.52. The number of hydrogen-bond donors (Lipinski definition) is 2. The number of hydrogen-bond acceptors (Lipinski definition) is 6. The number of aromatic nitrogens is 2. The first-order valence-corrected chi connectivity index (χ1v) is 9.65. The van der Waals surface area contributed by atoms with Crippen LogP contribution < -0.4 is 5.32 Å². The zero-order chi connectivity index (χ0) is 22.8. The van der Waals surface area contributed by atoms with E-state index in [0.717, 1.165) is 6.07 Å². The van der Waals surface area contributed by atoms with Gasteiger partial charge >= 0.3 is 0 Å². The number of amides is 1. The third kappa shape index (κ3) is 4.12. The van der Waals surface area contributed by atoms with Crippen LogP contribution in [0.4, 0.5) is 11.4 Å². The predicted molar refractivity (Wildman–Crippen MR) is 117 cm³/mol. The van der Waals surface area contributed by atoms with Gasteiger partial charge in [0.1, 0.15) is 16.9 Å². The summed E-state index contributed by atoms with van der Waals surface area (Å²) >= 11 is 5.84. The number of carbonyl (C=O) groups is 1. The van der Waals surface area contributed by atoms with Crippen LogP contribution in [0, 0.1) is 20.2 Å². The second-order valence-corrected chi connectivity index (χ2v) is 7.23. The molecule has 4 rings (SSSR count). The molecular formula is C21H14ClN5O5. The topological polar surface area (TPSA) is 144 Å². The Morgan fingerprint density at radius 2 is 1.75 bits per heavy atom. The van der Waals surface area contributed by atoms with Crippen LogP contribution in [-0.4, -0.2) is 25.7 Å². The number of H-pyrrole nitrogens is 1. The third-order valence-corrected chi connectivity index (χ3v) is 5.10. The number of non-ortho nitro benzene ring substituents is 1. The number of nitro benzene ring substituents is 2. The number of nitrogens with one attached hydrogen (secondary N) is 2. The van der Waals surface area contributed by atoms with Crippen molar-refractivity contribution in [3.8, 4) is 0 Å². The van der Waals surface area contributed by atoms with E-state index in [2.05, 4.69) is 15.3 Å². The Balaban J connectivity index is 1.73. The van der Waals surface area contributed by atoms with Gasteiger partial charge < -0.3 is 10.3 Å². The molecule has 2 N–H and O–H groups in total. The standard InChI is InChI=1S/C21H14ClN5O5/c22-15-8-6-13(10-18(15)27(31)32)21(28)25-19(12-4-2-1-3-5-12)20-23-16-9-7-14(26(29)30)11-17(16)24-20/h1-11,19H,(H,23,24)(H,25,28). The van der Waals surface area contributed by atoms with E-state index in [1.165, 1.54) is 30.3 Å². The summed E-state index contributed by atoms with van der Waals surface area (Å²) in [6, 6.07) is 16.2. The quantitative estimate of drug-likeness (QED) is 0.325. The fourth-order valence-corrected chi connectivity index (χ4v) is 3.42. The Bertz CT molecular complexity index is 1360. The molecule has 11 heteroatoms. The van der Waals surface area contributed by atoms with Crippen LogP contribution in [0.1, 0.15) is 27.8 Å². The molecule has 1 amide bonds. The number of halogens is 1. The first-order valence-electron chi connectivity index (χ1n) is 9.27. The Morgan fingerprint density at radius 1 is 1.00 bits per heavy atom. The van der Waals surface area contributed by atoms with E-state index in [-0.39, 0.29) is 22.0 Å². The van der Waals surface area contributed by atoms with E-state index in [0.29, 0.717) is 22.4 Å². The number of nitrogens with zero attached hydrogens (tertiary/aromatic N) is 3. The van der Waals surface area contributed by atoms with Crippen LogP contribution in [0.5, 0.6) is 0 Å². The maximum Gasteiger partial charge on any atom is 0.288 e. The highest BCUT2D eigenvalue weighted by Crippen LogP contribution is 2.27. The van der Waals surface area contributed by atoms with Crippen molar-refractivity contribution in [1.29, 1.82) is 0 Å². The summed E-state index contributed by atoms with van der Waals surface area (Å²) in [4.78, 5) is 41.5. The monoisotopic (exact) mass is 451 g/mol. The van der Waals surface area contributed by atoms with Crippen molar-refractivity contribution in [3.63, 3.8) is 0 Å². The SMILES string of the molecule is O=C(NC(c1ccccc1)c1nc2ccc([N+](=O)[O-])cc2[nH]1)c1ccc(Cl)c([N+](=O)[O-])c1. The maximum absolute atomic E-state index is 12.9. The van der Waals surface area contributed by atoms with Gasteiger partial charge in [0.2, 0.25) is 0 Å². The fourth-order valence-electron chi connectivity index (χ4n) is 3.23. The number of imidazole rings is 1. The first kappa shape index (κ1) is 20.9. The lowest BCUT2D eigenvalue weighted by atomic mass is 10.1. The summed E-state index contributed by atoms with van der Waals surface area (Å²) in [6.45, 7) is 0. The Morgan fingerprint density at radius 3 is 2.44 bits per heavy atom. The van der Waals surface area contributed by atoms with Crippen LogP contribution in [0.15, 0.2) is 66.7 Å².